The Morgan fingerprint density at radius 1 is 1.21 bits per heavy atom. The van der Waals surface area contributed by atoms with Crippen LogP contribution in [0.1, 0.15) is 22.3 Å². The Morgan fingerprint density at radius 2 is 1.79 bits per heavy atom. The lowest BCUT2D eigenvalue weighted by Gasteiger charge is -2.09. The van der Waals surface area contributed by atoms with Crippen molar-refractivity contribution in [1.29, 1.82) is 0 Å². The van der Waals surface area contributed by atoms with Gasteiger partial charge in [0.2, 0.25) is 0 Å². The molecule has 0 N–H and O–H groups in total. The van der Waals surface area contributed by atoms with Gasteiger partial charge in [-0.2, -0.15) is 0 Å². The molecular formula is C11H15N3. The molecule has 0 aliphatic heterocycles. The molecule has 0 aliphatic rings. The molecule has 0 aliphatic carbocycles. The summed E-state index contributed by atoms with van der Waals surface area (Å²) in [5, 5.41) is 3.55. The highest BCUT2D eigenvalue weighted by molar-refractivity contribution is 5.37. The van der Waals surface area contributed by atoms with E-state index in [1.807, 2.05) is 0 Å². The first-order chi connectivity index (χ1) is 6.65. The van der Waals surface area contributed by atoms with Gasteiger partial charge in [-0.25, -0.2) is 0 Å². The van der Waals surface area contributed by atoms with Gasteiger partial charge in [-0.3, -0.25) is 0 Å². The van der Waals surface area contributed by atoms with Crippen LogP contribution in [0.3, 0.4) is 0 Å². The molecule has 1 rings (SSSR count). The molecule has 1 aromatic rings. The van der Waals surface area contributed by atoms with Crippen LogP contribution in [0, 0.1) is 20.8 Å². The van der Waals surface area contributed by atoms with Crippen molar-refractivity contribution in [3.63, 3.8) is 0 Å². The zero-order valence-electron chi connectivity index (χ0n) is 8.91. The molecule has 0 amide bonds. The molecule has 0 bridgehead atoms. The second kappa shape index (κ2) is 4.68. The van der Waals surface area contributed by atoms with Crippen LogP contribution in [-0.4, -0.2) is 6.54 Å². The molecule has 0 atom stereocenters. The fourth-order valence-corrected chi connectivity index (χ4v) is 1.81. The third-order valence-corrected chi connectivity index (χ3v) is 2.37. The number of hydrogen-bond acceptors (Lipinski definition) is 1. The topological polar surface area (TPSA) is 48.8 Å². The van der Waals surface area contributed by atoms with Crippen molar-refractivity contribution in [1.82, 2.24) is 0 Å². The highest BCUT2D eigenvalue weighted by Gasteiger charge is 2.02. The van der Waals surface area contributed by atoms with E-state index in [0.717, 1.165) is 6.42 Å². The average molecular weight is 189 g/mol. The highest BCUT2D eigenvalue weighted by Crippen LogP contribution is 2.16. The van der Waals surface area contributed by atoms with Crippen molar-refractivity contribution in [2.45, 2.75) is 27.2 Å². The lowest BCUT2D eigenvalue weighted by molar-refractivity contribution is 0.934. The van der Waals surface area contributed by atoms with E-state index < -0.39 is 0 Å². The molecule has 0 fully saturated rings. The quantitative estimate of drug-likeness (QED) is 0.397. The molecule has 0 saturated heterocycles. The zero-order valence-corrected chi connectivity index (χ0v) is 8.91. The van der Waals surface area contributed by atoms with Crippen molar-refractivity contribution in [3.8, 4) is 0 Å². The van der Waals surface area contributed by atoms with E-state index in [0.29, 0.717) is 6.54 Å². The van der Waals surface area contributed by atoms with Crippen LogP contribution >= 0.6 is 0 Å². The molecule has 0 heterocycles. The minimum Gasteiger partial charge on any atom is -0.0936 e. The number of rotatable bonds is 3. The Bertz CT molecular complexity index is 353. The van der Waals surface area contributed by atoms with Gasteiger partial charge in [0, 0.05) is 11.5 Å². The molecule has 0 saturated carbocycles. The normalized spacial score (nSPS) is 9.64. The van der Waals surface area contributed by atoms with Crippen molar-refractivity contribution < 1.29 is 0 Å². The van der Waals surface area contributed by atoms with Gasteiger partial charge in [-0.05, 0) is 49.4 Å². The predicted octanol–water partition coefficient (Wildman–Crippen LogP) is 3.46. The van der Waals surface area contributed by atoms with Gasteiger partial charge in [0.15, 0.2) is 0 Å². The molecule has 14 heavy (non-hydrogen) atoms. The van der Waals surface area contributed by atoms with Gasteiger partial charge in [0.05, 0.1) is 0 Å². The van der Waals surface area contributed by atoms with Gasteiger partial charge in [0.1, 0.15) is 0 Å². The molecule has 1 aromatic carbocycles. The van der Waals surface area contributed by atoms with E-state index in [4.69, 9.17) is 5.53 Å². The maximum atomic E-state index is 8.19. The minimum atomic E-state index is 0.543. The van der Waals surface area contributed by atoms with Gasteiger partial charge >= 0.3 is 0 Å². The molecule has 0 spiro atoms. The Hall–Kier alpha value is -1.47. The van der Waals surface area contributed by atoms with E-state index in [1.54, 1.807) is 0 Å². The zero-order chi connectivity index (χ0) is 10.6. The molecular weight excluding hydrogens is 174 g/mol. The van der Waals surface area contributed by atoms with E-state index in [2.05, 4.69) is 42.9 Å². The maximum absolute atomic E-state index is 8.19. The summed E-state index contributed by atoms with van der Waals surface area (Å²) < 4.78 is 0. The molecule has 3 heteroatoms. The van der Waals surface area contributed by atoms with Crippen LogP contribution in [0.5, 0.6) is 0 Å². The summed E-state index contributed by atoms with van der Waals surface area (Å²) in [7, 11) is 0. The molecule has 0 radical (unpaired) electrons. The first-order valence-electron chi connectivity index (χ1n) is 4.72. The fraction of sp³-hybridized carbons (Fsp3) is 0.455. The summed E-state index contributed by atoms with van der Waals surface area (Å²) in [5.74, 6) is 0. The summed E-state index contributed by atoms with van der Waals surface area (Å²) in [6, 6.07) is 4.33. The number of hydrogen-bond donors (Lipinski definition) is 0. The monoisotopic (exact) mass is 189 g/mol. The van der Waals surface area contributed by atoms with Crippen molar-refractivity contribution in [2.24, 2.45) is 5.11 Å². The third-order valence-electron chi connectivity index (χ3n) is 2.37. The summed E-state index contributed by atoms with van der Waals surface area (Å²) in [6.07, 6.45) is 0.835. The summed E-state index contributed by atoms with van der Waals surface area (Å²) >= 11 is 0. The lowest BCUT2D eigenvalue weighted by atomic mass is 9.97. The molecule has 3 nitrogen and oxygen atoms in total. The van der Waals surface area contributed by atoms with Crippen molar-refractivity contribution >= 4 is 0 Å². The number of nitrogens with zero attached hydrogens (tertiary/aromatic N) is 3. The summed E-state index contributed by atoms with van der Waals surface area (Å²) in [4.78, 5) is 2.75. The Labute approximate surface area is 84.4 Å². The van der Waals surface area contributed by atoms with Crippen LogP contribution in [0.25, 0.3) is 10.4 Å². The summed E-state index contributed by atoms with van der Waals surface area (Å²) in [6.45, 7) is 6.84. The summed E-state index contributed by atoms with van der Waals surface area (Å²) in [5.41, 5.74) is 13.4. The van der Waals surface area contributed by atoms with Crippen LogP contribution in [0.4, 0.5) is 0 Å². The Kier molecular flexibility index (Phi) is 3.55. The highest BCUT2D eigenvalue weighted by atomic mass is 15.1. The SMILES string of the molecule is Cc1cc(C)c(CCN=[N+]=[N-])c(C)c1. The van der Waals surface area contributed by atoms with Crippen LogP contribution < -0.4 is 0 Å². The van der Waals surface area contributed by atoms with Crippen LogP contribution in [0.15, 0.2) is 17.2 Å². The second-order valence-electron chi connectivity index (χ2n) is 3.58. The maximum Gasteiger partial charge on any atom is 0.0298 e. The van der Waals surface area contributed by atoms with Gasteiger partial charge < -0.3 is 0 Å². The van der Waals surface area contributed by atoms with E-state index in [1.165, 1.54) is 22.3 Å². The van der Waals surface area contributed by atoms with Gasteiger partial charge in [0.25, 0.3) is 0 Å². The predicted molar refractivity (Wildman–Crippen MR) is 58.4 cm³/mol. The van der Waals surface area contributed by atoms with Crippen LogP contribution in [0.2, 0.25) is 0 Å². The number of benzene rings is 1. The largest absolute Gasteiger partial charge is 0.0936 e. The minimum absolute atomic E-state index is 0.543. The van der Waals surface area contributed by atoms with E-state index in [9.17, 15) is 0 Å². The smallest absolute Gasteiger partial charge is 0.0298 e. The van der Waals surface area contributed by atoms with Gasteiger partial charge in [-0.15, -0.1) is 0 Å². The van der Waals surface area contributed by atoms with Crippen molar-refractivity contribution in [2.75, 3.05) is 6.54 Å². The van der Waals surface area contributed by atoms with E-state index in [-0.39, 0.29) is 0 Å². The third kappa shape index (κ3) is 2.51. The Morgan fingerprint density at radius 3 is 2.29 bits per heavy atom. The van der Waals surface area contributed by atoms with E-state index >= 15 is 0 Å². The van der Waals surface area contributed by atoms with Crippen molar-refractivity contribution in [3.05, 3.63) is 44.8 Å². The van der Waals surface area contributed by atoms with Gasteiger partial charge in [-0.1, -0.05) is 22.8 Å². The van der Waals surface area contributed by atoms with Crippen LogP contribution in [-0.2, 0) is 6.42 Å². The molecule has 0 unspecified atom stereocenters. The Balaban J connectivity index is 2.90. The standard InChI is InChI=1S/C11H15N3/c1-8-6-9(2)11(10(3)7-8)4-5-13-14-12/h6-7H,4-5H2,1-3H3. The second-order valence-corrected chi connectivity index (χ2v) is 3.58. The fourth-order valence-electron chi connectivity index (χ4n) is 1.81. The first kappa shape index (κ1) is 10.6. The number of azide groups is 1. The molecule has 0 aromatic heterocycles. The average Bonchev–Trinajstić information content (AvgIpc) is 2.09. The lowest BCUT2D eigenvalue weighted by Crippen LogP contribution is -1.97. The number of aryl methyl sites for hydroxylation is 3. The molecule has 74 valence electrons. The first-order valence-corrected chi connectivity index (χ1v) is 4.72.